The lowest BCUT2D eigenvalue weighted by Crippen LogP contribution is -2.18. The molecule has 2 N–H and O–H groups in total. The second-order valence-electron chi connectivity index (χ2n) is 3.38. The molecule has 0 aliphatic heterocycles. The van der Waals surface area contributed by atoms with E-state index in [1.54, 1.807) is 0 Å². The van der Waals surface area contributed by atoms with Crippen LogP contribution in [-0.4, -0.2) is 18.7 Å². The third kappa shape index (κ3) is 2.29. The van der Waals surface area contributed by atoms with Crippen molar-refractivity contribution in [2.45, 2.75) is 20.0 Å². The average molecular weight is 179 g/mol. The summed E-state index contributed by atoms with van der Waals surface area (Å²) in [6.45, 7) is 4.66. The van der Waals surface area contributed by atoms with Crippen LogP contribution in [0.5, 0.6) is 0 Å². The fourth-order valence-corrected chi connectivity index (χ4v) is 1.65. The monoisotopic (exact) mass is 179 g/mol. The van der Waals surface area contributed by atoms with Crippen molar-refractivity contribution >= 4 is 0 Å². The molecule has 0 aliphatic carbocycles. The molecule has 2 heteroatoms. The summed E-state index contributed by atoms with van der Waals surface area (Å²) in [5.41, 5.74) is 3.36. The molecule has 1 aromatic carbocycles. The van der Waals surface area contributed by atoms with Crippen LogP contribution in [0, 0.1) is 13.8 Å². The smallest absolute Gasteiger partial charge is 0.0919 e. The number of hydrogen-bond donors (Lipinski definition) is 2. The van der Waals surface area contributed by atoms with E-state index in [9.17, 15) is 5.11 Å². The van der Waals surface area contributed by atoms with Gasteiger partial charge < -0.3 is 10.4 Å². The molecule has 0 amide bonds. The Morgan fingerprint density at radius 2 is 1.85 bits per heavy atom. The molecule has 0 aliphatic rings. The summed E-state index contributed by atoms with van der Waals surface area (Å²) in [5, 5.41) is 12.8. The summed E-state index contributed by atoms with van der Waals surface area (Å²) in [5.74, 6) is 0. The first-order valence-corrected chi connectivity index (χ1v) is 4.55. The van der Waals surface area contributed by atoms with Crippen molar-refractivity contribution < 1.29 is 5.11 Å². The Morgan fingerprint density at radius 3 is 2.31 bits per heavy atom. The van der Waals surface area contributed by atoms with E-state index in [0.717, 1.165) is 16.7 Å². The van der Waals surface area contributed by atoms with E-state index in [-0.39, 0.29) is 0 Å². The summed E-state index contributed by atoms with van der Waals surface area (Å²) in [4.78, 5) is 0. The molecule has 0 bridgehead atoms. The zero-order chi connectivity index (χ0) is 9.84. The molecule has 1 atom stereocenters. The van der Waals surface area contributed by atoms with Gasteiger partial charge in [-0.2, -0.15) is 0 Å². The highest BCUT2D eigenvalue weighted by Gasteiger charge is 2.11. The third-order valence-corrected chi connectivity index (χ3v) is 2.27. The van der Waals surface area contributed by atoms with Gasteiger partial charge in [0.15, 0.2) is 0 Å². The van der Waals surface area contributed by atoms with E-state index in [2.05, 4.69) is 5.32 Å². The molecule has 1 rings (SSSR count). The van der Waals surface area contributed by atoms with E-state index >= 15 is 0 Å². The number of likely N-dealkylation sites (N-methyl/N-ethyl adjacent to an activating group) is 1. The molecule has 0 fully saturated rings. The van der Waals surface area contributed by atoms with Crippen LogP contribution in [0.1, 0.15) is 22.8 Å². The van der Waals surface area contributed by atoms with Crippen LogP contribution in [0.25, 0.3) is 0 Å². The number of aryl methyl sites for hydroxylation is 2. The molecular weight excluding hydrogens is 162 g/mol. The molecule has 72 valence electrons. The fourth-order valence-electron chi connectivity index (χ4n) is 1.65. The molecule has 0 saturated heterocycles. The van der Waals surface area contributed by atoms with Crippen molar-refractivity contribution in [2.24, 2.45) is 0 Å². The van der Waals surface area contributed by atoms with Gasteiger partial charge in [-0.1, -0.05) is 18.2 Å². The van der Waals surface area contributed by atoms with Crippen LogP contribution < -0.4 is 5.32 Å². The standard InChI is InChI=1S/C11H17NO/c1-8-5-4-6-9(2)11(8)10(13)7-12-3/h4-6,10,12-13H,7H2,1-3H3. The van der Waals surface area contributed by atoms with Gasteiger partial charge in [-0.25, -0.2) is 0 Å². The molecule has 0 heterocycles. The van der Waals surface area contributed by atoms with Gasteiger partial charge in [0.2, 0.25) is 0 Å². The van der Waals surface area contributed by atoms with Gasteiger partial charge in [-0.15, -0.1) is 0 Å². The molecule has 0 aromatic heterocycles. The highest BCUT2D eigenvalue weighted by molar-refractivity contribution is 5.35. The molecule has 0 spiro atoms. The SMILES string of the molecule is CNCC(O)c1c(C)cccc1C. The van der Waals surface area contributed by atoms with Crippen molar-refractivity contribution in [1.82, 2.24) is 5.32 Å². The molecule has 0 saturated carbocycles. The fraction of sp³-hybridized carbons (Fsp3) is 0.455. The minimum atomic E-state index is -0.397. The maximum absolute atomic E-state index is 9.82. The Labute approximate surface area is 79.6 Å². The van der Waals surface area contributed by atoms with Crippen molar-refractivity contribution in [2.75, 3.05) is 13.6 Å². The molecule has 1 unspecified atom stereocenters. The molecule has 2 nitrogen and oxygen atoms in total. The minimum absolute atomic E-state index is 0.397. The van der Waals surface area contributed by atoms with Crippen LogP contribution in [0.4, 0.5) is 0 Å². The zero-order valence-electron chi connectivity index (χ0n) is 8.46. The Hall–Kier alpha value is -0.860. The third-order valence-electron chi connectivity index (χ3n) is 2.27. The zero-order valence-corrected chi connectivity index (χ0v) is 8.46. The highest BCUT2D eigenvalue weighted by Crippen LogP contribution is 2.20. The number of benzene rings is 1. The Balaban J connectivity index is 2.98. The lowest BCUT2D eigenvalue weighted by Gasteiger charge is -2.15. The van der Waals surface area contributed by atoms with Gasteiger partial charge in [0.1, 0.15) is 0 Å². The Morgan fingerprint density at radius 1 is 1.31 bits per heavy atom. The predicted molar refractivity (Wildman–Crippen MR) is 54.8 cm³/mol. The van der Waals surface area contributed by atoms with Gasteiger partial charge in [-0.3, -0.25) is 0 Å². The quantitative estimate of drug-likeness (QED) is 0.738. The van der Waals surface area contributed by atoms with E-state index in [0.29, 0.717) is 6.54 Å². The lowest BCUT2D eigenvalue weighted by atomic mass is 9.98. The first-order chi connectivity index (χ1) is 6.16. The molecule has 13 heavy (non-hydrogen) atoms. The maximum Gasteiger partial charge on any atom is 0.0919 e. The van der Waals surface area contributed by atoms with E-state index in [4.69, 9.17) is 0 Å². The maximum atomic E-state index is 9.82. The summed E-state index contributed by atoms with van der Waals surface area (Å²) < 4.78 is 0. The molecule has 0 radical (unpaired) electrons. The van der Waals surface area contributed by atoms with Gasteiger partial charge in [0.05, 0.1) is 6.10 Å². The molecular formula is C11H17NO. The second kappa shape index (κ2) is 4.40. The highest BCUT2D eigenvalue weighted by atomic mass is 16.3. The van der Waals surface area contributed by atoms with Crippen molar-refractivity contribution in [3.05, 3.63) is 34.9 Å². The summed E-state index contributed by atoms with van der Waals surface area (Å²) in [6.07, 6.45) is -0.397. The summed E-state index contributed by atoms with van der Waals surface area (Å²) in [6, 6.07) is 6.07. The first kappa shape index (κ1) is 10.2. The van der Waals surface area contributed by atoms with Gasteiger partial charge >= 0.3 is 0 Å². The van der Waals surface area contributed by atoms with Crippen LogP contribution in [0.2, 0.25) is 0 Å². The topological polar surface area (TPSA) is 32.3 Å². The van der Waals surface area contributed by atoms with Crippen LogP contribution in [0.15, 0.2) is 18.2 Å². The number of hydrogen-bond acceptors (Lipinski definition) is 2. The number of aliphatic hydroxyl groups is 1. The van der Waals surface area contributed by atoms with Crippen LogP contribution >= 0.6 is 0 Å². The predicted octanol–water partition coefficient (Wildman–Crippen LogP) is 1.56. The van der Waals surface area contributed by atoms with E-state index < -0.39 is 6.10 Å². The van der Waals surface area contributed by atoms with Crippen molar-refractivity contribution in [1.29, 1.82) is 0 Å². The number of aliphatic hydroxyl groups excluding tert-OH is 1. The van der Waals surface area contributed by atoms with E-state index in [1.165, 1.54) is 0 Å². The van der Waals surface area contributed by atoms with Crippen molar-refractivity contribution in [3.8, 4) is 0 Å². The van der Waals surface area contributed by atoms with Crippen LogP contribution in [0.3, 0.4) is 0 Å². The van der Waals surface area contributed by atoms with Crippen molar-refractivity contribution in [3.63, 3.8) is 0 Å². The lowest BCUT2D eigenvalue weighted by molar-refractivity contribution is 0.176. The van der Waals surface area contributed by atoms with Gasteiger partial charge in [-0.05, 0) is 37.6 Å². The summed E-state index contributed by atoms with van der Waals surface area (Å²) in [7, 11) is 1.84. The normalized spacial score (nSPS) is 12.9. The first-order valence-electron chi connectivity index (χ1n) is 4.55. The molecule has 1 aromatic rings. The second-order valence-corrected chi connectivity index (χ2v) is 3.38. The number of rotatable bonds is 3. The summed E-state index contributed by atoms with van der Waals surface area (Å²) >= 11 is 0. The van der Waals surface area contributed by atoms with E-state index in [1.807, 2.05) is 39.1 Å². The van der Waals surface area contributed by atoms with Gasteiger partial charge in [0.25, 0.3) is 0 Å². The Bertz CT molecular complexity index is 263. The average Bonchev–Trinajstić information content (AvgIpc) is 2.04. The number of nitrogens with one attached hydrogen (secondary N) is 1. The van der Waals surface area contributed by atoms with Crippen LogP contribution in [-0.2, 0) is 0 Å². The minimum Gasteiger partial charge on any atom is -0.387 e. The largest absolute Gasteiger partial charge is 0.387 e. The Kier molecular flexibility index (Phi) is 3.46. The van der Waals surface area contributed by atoms with Gasteiger partial charge in [0, 0.05) is 6.54 Å².